The first-order valence-corrected chi connectivity index (χ1v) is 11.6. The first kappa shape index (κ1) is 25.2. The summed E-state index contributed by atoms with van der Waals surface area (Å²) in [5.74, 6) is -1.48. The Hall–Kier alpha value is -3.45. The van der Waals surface area contributed by atoms with E-state index in [1.165, 1.54) is 0 Å². The summed E-state index contributed by atoms with van der Waals surface area (Å²) in [6.45, 7) is -0.167. The number of amides is 2. The minimum Gasteiger partial charge on any atom is -0.463 e. The van der Waals surface area contributed by atoms with Gasteiger partial charge >= 0.3 is 5.97 Å². The lowest BCUT2D eigenvalue weighted by molar-refractivity contribution is -0.145. The van der Waals surface area contributed by atoms with Gasteiger partial charge in [0.05, 0.1) is 24.6 Å². The summed E-state index contributed by atoms with van der Waals surface area (Å²) >= 11 is 0. The highest BCUT2D eigenvalue weighted by molar-refractivity contribution is 5.86. The van der Waals surface area contributed by atoms with E-state index < -0.39 is 18.0 Å². The van der Waals surface area contributed by atoms with E-state index in [1.54, 1.807) is 0 Å². The van der Waals surface area contributed by atoms with Gasteiger partial charge in [-0.25, -0.2) is 0 Å². The Bertz CT molecular complexity index is 962. The Morgan fingerprint density at radius 2 is 1.76 bits per heavy atom. The van der Waals surface area contributed by atoms with Crippen molar-refractivity contribution in [2.45, 2.75) is 44.2 Å². The van der Waals surface area contributed by atoms with Crippen molar-refractivity contribution in [2.24, 2.45) is 5.92 Å². The largest absolute Gasteiger partial charge is 0.463 e. The SMILES string of the molecule is O=C(C[C@H]1CC=CCCC(=O)OC[C@H](c2ccccc2)NC1=O)N[C@@H](CO)Cc1ccccc1. The van der Waals surface area contributed by atoms with E-state index in [0.717, 1.165) is 11.1 Å². The average Bonchev–Trinajstić information content (AvgIpc) is 2.85. The van der Waals surface area contributed by atoms with Crippen LogP contribution in [-0.4, -0.2) is 42.1 Å². The maximum Gasteiger partial charge on any atom is 0.306 e. The number of ether oxygens (including phenoxy) is 1. The predicted molar refractivity (Wildman–Crippen MR) is 129 cm³/mol. The number of carbonyl (C=O) groups excluding carboxylic acids is 3. The van der Waals surface area contributed by atoms with Gasteiger partial charge in [0.1, 0.15) is 6.61 Å². The molecule has 7 nitrogen and oxygen atoms in total. The lowest BCUT2D eigenvalue weighted by Gasteiger charge is -2.24. The monoisotopic (exact) mass is 464 g/mol. The molecule has 0 saturated carbocycles. The minimum absolute atomic E-state index is 0.0112. The molecule has 1 aliphatic rings. The fourth-order valence-corrected chi connectivity index (χ4v) is 3.88. The Balaban J connectivity index is 1.68. The van der Waals surface area contributed by atoms with Crippen LogP contribution in [0.3, 0.4) is 0 Å². The molecular weight excluding hydrogens is 432 g/mol. The molecule has 0 aliphatic carbocycles. The van der Waals surface area contributed by atoms with Crippen LogP contribution in [0.1, 0.15) is 42.9 Å². The van der Waals surface area contributed by atoms with Gasteiger partial charge < -0.3 is 20.5 Å². The number of cyclic esters (lactones) is 1. The number of aliphatic hydroxyl groups excluding tert-OH is 1. The molecule has 0 fully saturated rings. The van der Waals surface area contributed by atoms with Crippen molar-refractivity contribution in [1.29, 1.82) is 0 Å². The van der Waals surface area contributed by atoms with E-state index in [-0.39, 0.29) is 43.8 Å². The van der Waals surface area contributed by atoms with E-state index in [4.69, 9.17) is 4.74 Å². The van der Waals surface area contributed by atoms with Crippen molar-refractivity contribution >= 4 is 17.8 Å². The molecule has 0 unspecified atom stereocenters. The molecule has 2 amide bonds. The summed E-state index contributed by atoms with van der Waals surface area (Å²) in [7, 11) is 0. The molecule has 0 bridgehead atoms. The molecule has 3 N–H and O–H groups in total. The Morgan fingerprint density at radius 3 is 2.47 bits per heavy atom. The first-order chi connectivity index (χ1) is 16.5. The third-order valence-electron chi connectivity index (χ3n) is 5.74. The van der Waals surface area contributed by atoms with Gasteiger partial charge in [0.2, 0.25) is 11.8 Å². The molecule has 1 aliphatic heterocycles. The van der Waals surface area contributed by atoms with Crippen LogP contribution in [0.15, 0.2) is 72.8 Å². The van der Waals surface area contributed by atoms with Gasteiger partial charge in [-0.15, -0.1) is 0 Å². The second-order valence-electron chi connectivity index (χ2n) is 8.44. The summed E-state index contributed by atoms with van der Waals surface area (Å²) in [6, 6.07) is 18.0. The molecule has 1 heterocycles. The molecule has 0 aromatic heterocycles. The highest BCUT2D eigenvalue weighted by Crippen LogP contribution is 2.18. The standard InChI is InChI=1S/C27H32N2O5/c30-18-23(16-20-10-4-1-5-11-20)28-25(31)17-22-14-8-3-9-15-26(32)34-19-24(29-27(22)33)21-12-6-2-7-13-21/h1-8,10-13,22-24,30H,9,14-19H2,(H,28,31)(H,29,33)/t22-,23-,24-/m1/s1. The van der Waals surface area contributed by atoms with Crippen molar-refractivity contribution in [3.05, 3.63) is 83.9 Å². The summed E-state index contributed by atoms with van der Waals surface area (Å²) in [6.07, 6.45) is 5.30. The summed E-state index contributed by atoms with van der Waals surface area (Å²) in [5, 5.41) is 15.5. The van der Waals surface area contributed by atoms with Gasteiger partial charge in [0.15, 0.2) is 0 Å². The normalized spacial score (nSPS) is 20.3. The molecule has 7 heteroatoms. The molecule has 0 saturated heterocycles. The van der Waals surface area contributed by atoms with Crippen LogP contribution >= 0.6 is 0 Å². The number of esters is 1. The van der Waals surface area contributed by atoms with Crippen LogP contribution in [0.4, 0.5) is 0 Å². The molecule has 3 atom stereocenters. The van der Waals surface area contributed by atoms with Crippen molar-refractivity contribution in [1.82, 2.24) is 10.6 Å². The van der Waals surface area contributed by atoms with Gasteiger partial charge in [0.25, 0.3) is 0 Å². The lowest BCUT2D eigenvalue weighted by atomic mass is 9.97. The summed E-state index contributed by atoms with van der Waals surface area (Å²) < 4.78 is 5.38. The number of rotatable bonds is 7. The van der Waals surface area contributed by atoms with Gasteiger partial charge in [-0.3, -0.25) is 14.4 Å². The second kappa shape index (κ2) is 13.3. The lowest BCUT2D eigenvalue weighted by Crippen LogP contribution is -2.42. The average molecular weight is 465 g/mol. The molecule has 0 spiro atoms. The third-order valence-corrected chi connectivity index (χ3v) is 5.74. The molecule has 0 radical (unpaired) electrons. The zero-order valence-electron chi connectivity index (χ0n) is 19.2. The minimum atomic E-state index is -0.589. The number of aliphatic hydroxyl groups is 1. The quantitative estimate of drug-likeness (QED) is 0.432. The van der Waals surface area contributed by atoms with Crippen LogP contribution < -0.4 is 10.6 Å². The third kappa shape index (κ3) is 8.15. The Kier molecular flexibility index (Phi) is 9.85. The maximum atomic E-state index is 13.2. The van der Waals surface area contributed by atoms with Gasteiger partial charge in [-0.2, -0.15) is 0 Å². The number of nitrogens with one attached hydrogen (secondary N) is 2. The number of hydrogen-bond acceptors (Lipinski definition) is 5. The summed E-state index contributed by atoms with van der Waals surface area (Å²) in [4.78, 5) is 37.9. The van der Waals surface area contributed by atoms with Crippen molar-refractivity contribution < 1.29 is 24.2 Å². The molecule has 3 rings (SSSR count). The number of hydrogen-bond donors (Lipinski definition) is 3. The van der Waals surface area contributed by atoms with Crippen LogP contribution in [0.25, 0.3) is 0 Å². The van der Waals surface area contributed by atoms with Gasteiger partial charge in [-0.1, -0.05) is 72.8 Å². The highest BCUT2D eigenvalue weighted by Gasteiger charge is 2.26. The zero-order chi connectivity index (χ0) is 24.2. The molecule has 34 heavy (non-hydrogen) atoms. The van der Waals surface area contributed by atoms with E-state index >= 15 is 0 Å². The smallest absolute Gasteiger partial charge is 0.306 e. The van der Waals surface area contributed by atoms with Crippen molar-refractivity contribution in [2.75, 3.05) is 13.2 Å². The fraction of sp³-hybridized carbons (Fsp3) is 0.370. The number of benzene rings is 2. The van der Waals surface area contributed by atoms with Crippen molar-refractivity contribution in [3.8, 4) is 0 Å². The van der Waals surface area contributed by atoms with E-state index in [2.05, 4.69) is 10.6 Å². The molecule has 2 aromatic carbocycles. The fourth-order valence-electron chi connectivity index (χ4n) is 3.88. The predicted octanol–water partition coefficient (Wildman–Crippen LogP) is 2.85. The highest BCUT2D eigenvalue weighted by atomic mass is 16.5. The van der Waals surface area contributed by atoms with E-state index in [0.29, 0.717) is 19.3 Å². The van der Waals surface area contributed by atoms with E-state index in [9.17, 15) is 19.5 Å². The van der Waals surface area contributed by atoms with Crippen molar-refractivity contribution in [3.63, 3.8) is 0 Å². The zero-order valence-corrected chi connectivity index (χ0v) is 19.2. The first-order valence-electron chi connectivity index (χ1n) is 11.6. The van der Waals surface area contributed by atoms with Crippen LogP contribution in [0.5, 0.6) is 0 Å². The van der Waals surface area contributed by atoms with Gasteiger partial charge in [0, 0.05) is 12.8 Å². The van der Waals surface area contributed by atoms with Gasteiger partial charge in [-0.05, 0) is 30.4 Å². The Labute approximate surface area is 200 Å². The Morgan fingerprint density at radius 1 is 1.06 bits per heavy atom. The molecule has 2 aromatic rings. The van der Waals surface area contributed by atoms with Crippen LogP contribution in [0.2, 0.25) is 0 Å². The van der Waals surface area contributed by atoms with Crippen LogP contribution in [-0.2, 0) is 25.5 Å². The molecular formula is C27H32N2O5. The number of carbonyl (C=O) groups is 3. The van der Waals surface area contributed by atoms with E-state index in [1.807, 2.05) is 72.8 Å². The summed E-state index contributed by atoms with van der Waals surface area (Å²) in [5.41, 5.74) is 1.83. The maximum absolute atomic E-state index is 13.2. The topological polar surface area (TPSA) is 105 Å². The number of allylic oxidation sites excluding steroid dienone is 2. The molecule has 180 valence electrons. The second-order valence-corrected chi connectivity index (χ2v) is 8.44. The van der Waals surface area contributed by atoms with Crippen LogP contribution in [0, 0.1) is 5.92 Å².